The van der Waals surface area contributed by atoms with E-state index in [4.69, 9.17) is 14.2 Å². The van der Waals surface area contributed by atoms with Crippen molar-refractivity contribution in [2.45, 2.75) is 37.1 Å². The maximum atomic E-state index is 13.9. The van der Waals surface area contributed by atoms with Gasteiger partial charge in [0, 0.05) is 5.56 Å². The Morgan fingerprint density at radius 3 is 2.68 bits per heavy atom. The number of thioether (sulfide) groups is 1. The highest BCUT2D eigenvalue weighted by molar-refractivity contribution is 8.02. The third-order valence-corrected chi connectivity index (χ3v) is 4.56. The quantitative estimate of drug-likeness (QED) is 0.790. The van der Waals surface area contributed by atoms with Gasteiger partial charge in [0.05, 0.1) is 13.7 Å². The van der Waals surface area contributed by atoms with Crippen LogP contribution in [0.1, 0.15) is 32.4 Å². The molecule has 1 heterocycles. The summed E-state index contributed by atoms with van der Waals surface area (Å²) in [5.74, 6) is -2.81. The molecule has 0 saturated carbocycles. The van der Waals surface area contributed by atoms with E-state index in [0.29, 0.717) is 0 Å². The van der Waals surface area contributed by atoms with Gasteiger partial charge in [-0.15, -0.1) is 11.8 Å². The molecule has 0 aromatic heterocycles. The van der Waals surface area contributed by atoms with Gasteiger partial charge in [-0.3, -0.25) is 4.79 Å². The Bertz CT molecular complexity index is 577. The van der Waals surface area contributed by atoms with E-state index >= 15 is 0 Å². The second-order valence-corrected chi connectivity index (χ2v) is 6.94. The minimum Gasteiger partial charge on any atom is -0.493 e. The van der Waals surface area contributed by atoms with Gasteiger partial charge in [-0.25, -0.2) is 4.39 Å². The topological polar surface area (TPSA) is 44.8 Å². The lowest BCUT2D eigenvalue weighted by Crippen LogP contribution is -2.25. The Morgan fingerprint density at radius 2 is 2.09 bits per heavy atom. The molecule has 0 amide bonds. The third-order valence-electron chi connectivity index (χ3n) is 3.21. The Labute approximate surface area is 132 Å². The van der Waals surface area contributed by atoms with E-state index in [0.717, 1.165) is 6.07 Å². The van der Waals surface area contributed by atoms with E-state index in [2.05, 4.69) is 0 Å². The van der Waals surface area contributed by atoms with Gasteiger partial charge >= 0.3 is 5.97 Å². The maximum Gasteiger partial charge on any atom is 0.322 e. The number of halogens is 2. The standard InChI is InChI=1S/C15H18F2O4S/c1-5-20-14(18)13-12(21-15(2,3)22-13)8-6-7-9(16)10(17)11(8)19-4/h6-7,12-13H,5H2,1-4H3/t12-,13+/m0/s1. The van der Waals surface area contributed by atoms with Crippen LogP contribution in [-0.2, 0) is 14.3 Å². The predicted molar refractivity (Wildman–Crippen MR) is 78.8 cm³/mol. The van der Waals surface area contributed by atoms with Crippen LogP contribution >= 0.6 is 11.8 Å². The molecule has 22 heavy (non-hydrogen) atoms. The van der Waals surface area contributed by atoms with Gasteiger partial charge in [0.2, 0.25) is 5.82 Å². The molecule has 1 aromatic rings. The van der Waals surface area contributed by atoms with E-state index in [1.54, 1.807) is 20.8 Å². The van der Waals surface area contributed by atoms with Crippen molar-refractivity contribution in [1.29, 1.82) is 0 Å². The second-order valence-electron chi connectivity index (χ2n) is 5.21. The van der Waals surface area contributed by atoms with Crippen molar-refractivity contribution in [2.75, 3.05) is 13.7 Å². The van der Waals surface area contributed by atoms with Gasteiger partial charge < -0.3 is 14.2 Å². The first kappa shape index (κ1) is 17.0. The Balaban J connectivity index is 2.44. The first-order valence-corrected chi connectivity index (χ1v) is 7.73. The molecule has 4 nitrogen and oxygen atoms in total. The molecule has 1 aromatic carbocycles. The number of carbonyl (C=O) groups excluding carboxylic acids is 1. The summed E-state index contributed by atoms with van der Waals surface area (Å²) >= 11 is 1.28. The molecular weight excluding hydrogens is 314 g/mol. The number of carbonyl (C=O) groups is 1. The van der Waals surface area contributed by atoms with Crippen LogP contribution in [0.4, 0.5) is 8.78 Å². The van der Waals surface area contributed by atoms with Crippen LogP contribution < -0.4 is 4.74 Å². The van der Waals surface area contributed by atoms with Crippen LogP contribution in [0.15, 0.2) is 12.1 Å². The van der Waals surface area contributed by atoms with Crippen LogP contribution in [-0.4, -0.2) is 29.9 Å². The van der Waals surface area contributed by atoms with Gasteiger partial charge in [-0.05, 0) is 32.9 Å². The Kier molecular flexibility index (Phi) is 4.97. The fourth-order valence-corrected chi connectivity index (χ4v) is 3.62. The summed E-state index contributed by atoms with van der Waals surface area (Å²) < 4.78 is 43.1. The minimum absolute atomic E-state index is 0.234. The molecule has 0 aliphatic carbocycles. The van der Waals surface area contributed by atoms with Crippen LogP contribution in [0.25, 0.3) is 0 Å². The van der Waals surface area contributed by atoms with Crippen molar-refractivity contribution >= 4 is 17.7 Å². The average Bonchev–Trinajstić information content (AvgIpc) is 2.78. The van der Waals surface area contributed by atoms with Crippen LogP contribution in [0.2, 0.25) is 0 Å². The third kappa shape index (κ3) is 3.20. The van der Waals surface area contributed by atoms with Crippen molar-refractivity contribution in [3.05, 3.63) is 29.3 Å². The molecule has 0 bridgehead atoms. The number of ether oxygens (including phenoxy) is 3. The summed E-state index contributed by atoms with van der Waals surface area (Å²) in [6, 6.07) is 2.37. The number of rotatable bonds is 4. The Morgan fingerprint density at radius 1 is 1.41 bits per heavy atom. The molecular formula is C15H18F2O4S. The summed E-state index contributed by atoms with van der Waals surface area (Å²) in [7, 11) is 1.24. The molecule has 0 N–H and O–H groups in total. The van der Waals surface area contributed by atoms with Crippen LogP contribution in [0, 0.1) is 11.6 Å². The largest absolute Gasteiger partial charge is 0.493 e. The zero-order chi connectivity index (χ0) is 16.5. The summed E-state index contributed by atoms with van der Waals surface area (Å²) in [5.41, 5.74) is 0.289. The molecule has 1 aliphatic heterocycles. The number of esters is 1. The lowest BCUT2D eigenvalue weighted by molar-refractivity contribution is -0.145. The highest BCUT2D eigenvalue weighted by Gasteiger charge is 2.47. The summed E-state index contributed by atoms with van der Waals surface area (Å²) in [6.07, 6.45) is -0.774. The summed E-state index contributed by atoms with van der Waals surface area (Å²) in [6.45, 7) is 5.54. The highest BCUT2D eigenvalue weighted by atomic mass is 32.2. The van der Waals surface area contributed by atoms with E-state index in [1.807, 2.05) is 0 Å². The normalized spacial score (nSPS) is 23.4. The minimum atomic E-state index is -1.10. The molecule has 1 fully saturated rings. The summed E-state index contributed by atoms with van der Waals surface area (Å²) in [4.78, 5) is 11.5. The average molecular weight is 332 g/mol. The van der Waals surface area contributed by atoms with Crippen molar-refractivity contribution in [3.8, 4) is 5.75 Å². The number of benzene rings is 1. The first-order valence-electron chi connectivity index (χ1n) is 6.85. The van der Waals surface area contributed by atoms with Crippen molar-refractivity contribution in [3.63, 3.8) is 0 Å². The molecule has 1 saturated heterocycles. The van der Waals surface area contributed by atoms with Gasteiger partial charge in [-0.2, -0.15) is 4.39 Å². The monoisotopic (exact) mass is 332 g/mol. The SMILES string of the molecule is CCOC(=O)[C@@H]1SC(C)(C)O[C@H]1c1ccc(F)c(F)c1OC. The molecule has 7 heteroatoms. The molecule has 1 aliphatic rings. The Hall–Kier alpha value is -1.34. The highest BCUT2D eigenvalue weighted by Crippen LogP contribution is 2.51. The lowest BCUT2D eigenvalue weighted by atomic mass is 10.0. The maximum absolute atomic E-state index is 13.9. The van der Waals surface area contributed by atoms with Gasteiger partial charge in [0.25, 0.3) is 0 Å². The zero-order valence-electron chi connectivity index (χ0n) is 12.8. The van der Waals surface area contributed by atoms with Gasteiger partial charge in [0.15, 0.2) is 11.6 Å². The van der Waals surface area contributed by atoms with Crippen molar-refractivity contribution in [1.82, 2.24) is 0 Å². The molecule has 122 valence electrons. The van der Waals surface area contributed by atoms with Gasteiger partial charge in [-0.1, -0.05) is 0 Å². The zero-order valence-corrected chi connectivity index (χ0v) is 13.6. The summed E-state index contributed by atoms with van der Waals surface area (Å²) in [5, 5.41) is -0.672. The smallest absolute Gasteiger partial charge is 0.322 e. The van der Waals surface area contributed by atoms with Gasteiger partial charge in [0.1, 0.15) is 16.3 Å². The number of hydrogen-bond donors (Lipinski definition) is 0. The molecule has 2 rings (SSSR count). The first-order chi connectivity index (χ1) is 10.3. The van der Waals surface area contributed by atoms with Crippen LogP contribution in [0.5, 0.6) is 5.75 Å². The molecule has 0 radical (unpaired) electrons. The van der Waals surface area contributed by atoms with E-state index in [1.165, 1.54) is 24.9 Å². The molecule has 0 unspecified atom stereocenters. The predicted octanol–water partition coefficient (Wildman–Crippen LogP) is 3.45. The van der Waals surface area contributed by atoms with E-state index in [-0.39, 0.29) is 17.9 Å². The van der Waals surface area contributed by atoms with Crippen LogP contribution in [0.3, 0.4) is 0 Å². The second kappa shape index (κ2) is 6.42. The van der Waals surface area contributed by atoms with E-state index < -0.39 is 33.9 Å². The number of methoxy groups -OCH3 is 1. The van der Waals surface area contributed by atoms with Crippen molar-refractivity contribution in [2.24, 2.45) is 0 Å². The van der Waals surface area contributed by atoms with E-state index in [9.17, 15) is 13.6 Å². The van der Waals surface area contributed by atoms with Crippen molar-refractivity contribution < 1.29 is 27.8 Å². The fraction of sp³-hybridized carbons (Fsp3) is 0.533. The molecule has 0 spiro atoms. The lowest BCUT2D eigenvalue weighted by Gasteiger charge is -2.20. The fourth-order valence-electron chi connectivity index (χ4n) is 2.36. The molecule has 2 atom stereocenters. The number of hydrogen-bond acceptors (Lipinski definition) is 5.